The summed E-state index contributed by atoms with van der Waals surface area (Å²) in [6.07, 6.45) is 4.88. The third kappa shape index (κ3) is 5.64. The Bertz CT molecular complexity index is 1220. The van der Waals surface area contributed by atoms with Crippen molar-refractivity contribution < 1.29 is 19.1 Å². The Morgan fingerprint density at radius 2 is 1.72 bits per heavy atom. The zero-order chi connectivity index (χ0) is 25.0. The fourth-order valence-corrected chi connectivity index (χ4v) is 5.50. The highest BCUT2D eigenvalue weighted by molar-refractivity contribution is 5.83. The number of benzene rings is 3. The molecule has 0 spiro atoms. The summed E-state index contributed by atoms with van der Waals surface area (Å²) in [5.74, 6) is 1.88. The molecule has 6 nitrogen and oxygen atoms in total. The van der Waals surface area contributed by atoms with Crippen LogP contribution in [0.25, 0.3) is 10.8 Å². The number of methoxy groups -OCH3 is 1. The minimum atomic E-state index is -0.356. The molecule has 1 unspecified atom stereocenters. The summed E-state index contributed by atoms with van der Waals surface area (Å²) in [5, 5.41) is 5.63. The molecule has 2 aliphatic heterocycles. The van der Waals surface area contributed by atoms with Crippen molar-refractivity contribution in [2.75, 3.05) is 20.2 Å². The van der Waals surface area contributed by atoms with Gasteiger partial charge in [-0.3, -0.25) is 9.59 Å². The molecule has 2 amide bonds. The third-order valence-corrected chi connectivity index (χ3v) is 7.57. The minimum Gasteiger partial charge on any atom is -0.497 e. The largest absolute Gasteiger partial charge is 0.497 e. The number of nitrogens with zero attached hydrogens (tertiary/aromatic N) is 1. The average molecular weight is 487 g/mol. The van der Waals surface area contributed by atoms with E-state index < -0.39 is 0 Å². The topological polar surface area (TPSA) is 67.9 Å². The molecular formula is C30H34N2O4. The molecule has 5 rings (SSSR count). The van der Waals surface area contributed by atoms with Gasteiger partial charge in [0.25, 0.3) is 0 Å². The highest BCUT2D eigenvalue weighted by Gasteiger charge is 2.38. The van der Waals surface area contributed by atoms with E-state index in [1.807, 2.05) is 41.3 Å². The number of nitrogens with one attached hydrogen (secondary N) is 1. The molecule has 1 atom stereocenters. The lowest BCUT2D eigenvalue weighted by Crippen LogP contribution is -2.46. The summed E-state index contributed by atoms with van der Waals surface area (Å²) < 4.78 is 11.3. The van der Waals surface area contributed by atoms with Crippen molar-refractivity contribution in [3.05, 3.63) is 72.3 Å². The molecule has 3 aromatic carbocycles. The van der Waals surface area contributed by atoms with Gasteiger partial charge in [-0.2, -0.15) is 0 Å². The zero-order valence-electron chi connectivity index (χ0n) is 20.9. The number of rotatable bonds is 8. The van der Waals surface area contributed by atoms with E-state index in [4.69, 9.17) is 9.47 Å². The smallest absolute Gasteiger partial charge is 0.222 e. The van der Waals surface area contributed by atoms with Crippen LogP contribution >= 0.6 is 0 Å². The van der Waals surface area contributed by atoms with Crippen LogP contribution in [0.4, 0.5) is 0 Å². The Labute approximate surface area is 212 Å². The first-order valence-electron chi connectivity index (χ1n) is 12.9. The van der Waals surface area contributed by atoms with E-state index in [1.165, 1.54) is 16.3 Å². The summed E-state index contributed by atoms with van der Waals surface area (Å²) in [5.41, 5.74) is 0.838. The minimum absolute atomic E-state index is 0.0831. The number of hydrogen-bond donors (Lipinski definition) is 1. The number of hydrogen-bond acceptors (Lipinski definition) is 4. The normalized spacial score (nSPS) is 20.4. The molecule has 2 aliphatic rings. The van der Waals surface area contributed by atoms with E-state index in [2.05, 4.69) is 35.6 Å². The zero-order valence-corrected chi connectivity index (χ0v) is 20.9. The molecule has 1 N–H and O–H groups in total. The molecule has 0 saturated carbocycles. The van der Waals surface area contributed by atoms with Crippen molar-refractivity contribution in [2.45, 2.75) is 56.6 Å². The molecule has 6 heteroatoms. The summed E-state index contributed by atoms with van der Waals surface area (Å²) in [4.78, 5) is 27.3. The SMILES string of the molecule is COc1ccc(OC2CCN(C(=O)CCC3(Cc4ccc5ccccc5c4)CCC(=O)N3)CC2)cc1. The predicted molar refractivity (Wildman–Crippen MR) is 140 cm³/mol. The molecule has 0 radical (unpaired) electrons. The lowest BCUT2D eigenvalue weighted by molar-refractivity contribution is -0.133. The van der Waals surface area contributed by atoms with Crippen LogP contribution in [0, 0.1) is 0 Å². The van der Waals surface area contributed by atoms with Crippen LogP contribution < -0.4 is 14.8 Å². The van der Waals surface area contributed by atoms with E-state index in [0.29, 0.717) is 32.4 Å². The predicted octanol–water partition coefficient (Wildman–Crippen LogP) is 4.89. The molecule has 188 valence electrons. The van der Waals surface area contributed by atoms with Crippen LogP contribution in [0.1, 0.15) is 44.1 Å². The van der Waals surface area contributed by atoms with E-state index in [-0.39, 0.29) is 23.5 Å². The number of carbonyl (C=O) groups is 2. The lowest BCUT2D eigenvalue weighted by Gasteiger charge is -2.34. The van der Waals surface area contributed by atoms with E-state index in [0.717, 1.165) is 37.2 Å². The number of carbonyl (C=O) groups excluding carboxylic acids is 2. The van der Waals surface area contributed by atoms with Gasteiger partial charge in [0.2, 0.25) is 11.8 Å². The number of piperidine rings is 1. The molecule has 2 saturated heterocycles. The Kier molecular flexibility index (Phi) is 7.12. The maximum absolute atomic E-state index is 13.1. The van der Waals surface area contributed by atoms with E-state index in [1.54, 1.807) is 7.11 Å². The van der Waals surface area contributed by atoms with E-state index in [9.17, 15) is 9.59 Å². The van der Waals surface area contributed by atoms with Crippen LogP contribution in [0.15, 0.2) is 66.7 Å². The van der Waals surface area contributed by atoms with Gasteiger partial charge in [-0.15, -0.1) is 0 Å². The monoisotopic (exact) mass is 486 g/mol. The Morgan fingerprint density at radius 1 is 1.00 bits per heavy atom. The fourth-order valence-electron chi connectivity index (χ4n) is 5.50. The second-order valence-corrected chi connectivity index (χ2v) is 10.1. The van der Waals surface area contributed by atoms with Crippen molar-refractivity contribution >= 4 is 22.6 Å². The molecule has 0 bridgehead atoms. The van der Waals surface area contributed by atoms with Gasteiger partial charge in [0.1, 0.15) is 17.6 Å². The van der Waals surface area contributed by atoms with Gasteiger partial charge in [-0.1, -0.05) is 42.5 Å². The Balaban J connectivity index is 1.15. The van der Waals surface area contributed by atoms with Crippen LogP contribution in [0.2, 0.25) is 0 Å². The quantitative estimate of drug-likeness (QED) is 0.492. The van der Waals surface area contributed by atoms with E-state index >= 15 is 0 Å². The van der Waals surface area contributed by atoms with Crippen molar-refractivity contribution in [1.29, 1.82) is 0 Å². The van der Waals surface area contributed by atoms with Crippen molar-refractivity contribution in [2.24, 2.45) is 0 Å². The second kappa shape index (κ2) is 10.6. The third-order valence-electron chi connectivity index (χ3n) is 7.57. The first kappa shape index (κ1) is 24.2. The summed E-state index contributed by atoms with van der Waals surface area (Å²) >= 11 is 0. The maximum Gasteiger partial charge on any atom is 0.222 e. The van der Waals surface area contributed by atoms with Gasteiger partial charge in [0.05, 0.1) is 7.11 Å². The first-order chi connectivity index (χ1) is 17.5. The van der Waals surface area contributed by atoms with Crippen LogP contribution in [0.3, 0.4) is 0 Å². The van der Waals surface area contributed by atoms with Gasteiger partial charge in [0, 0.05) is 44.3 Å². The highest BCUT2D eigenvalue weighted by atomic mass is 16.5. The summed E-state index contributed by atoms with van der Waals surface area (Å²) in [7, 11) is 1.65. The van der Waals surface area contributed by atoms with Crippen LogP contribution in [-0.4, -0.2) is 48.6 Å². The molecule has 36 heavy (non-hydrogen) atoms. The number of fused-ring (bicyclic) bond motifs is 1. The van der Waals surface area contributed by atoms with Crippen molar-refractivity contribution in [3.63, 3.8) is 0 Å². The highest BCUT2D eigenvalue weighted by Crippen LogP contribution is 2.31. The number of likely N-dealkylation sites (tertiary alicyclic amines) is 1. The van der Waals surface area contributed by atoms with Gasteiger partial charge >= 0.3 is 0 Å². The Hall–Kier alpha value is -3.54. The lowest BCUT2D eigenvalue weighted by atomic mass is 9.84. The average Bonchev–Trinajstić information content (AvgIpc) is 3.28. The summed E-state index contributed by atoms with van der Waals surface area (Å²) in [6.45, 7) is 1.40. The molecule has 0 aromatic heterocycles. The van der Waals surface area contributed by atoms with Gasteiger partial charge in [-0.05, 0) is 59.9 Å². The van der Waals surface area contributed by atoms with Crippen molar-refractivity contribution in [3.8, 4) is 11.5 Å². The summed E-state index contributed by atoms with van der Waals surface area (Å²) in [6, 6.07) is 22.4. The molecule has 2 heterocycles. The van der Waals surface area contributed by atoms with Crippen molar-refractivity contribution in [1.82, 2.24) is 10.2 Å². The molecule has 3 aromatic rings. The number of amides is 2. The van der Waals surface area contributed by atoms with Crippen LogP contribution in [0.5, 0.6) is 11.5 Å². The standard InChI is InChI=1S/C30H34N2O4/c1-35-25-8-10-26(11-9-25)36-27-14-18-32(19-15-27)29(34)13-17-30(16-12-28(33)31-30)21-22-6-7-23-4-2-3-5-24(23)20-22/h2-11,20,27H,12-19,21H2,1H3,(H,31,33). The molecule has 0 aliphatic carbocycles. The van der Waals surface area contributed by atoms with Gasteiger partial charge in [0.15, 0.2) is 0 Å². The second-order valence-electron chi connectivity index (χ2n) is 10.1. The fraction of sp³-hybridized carbons (Fsp3) is 0.400. The first-order valence-corrected chi connectivity index (χ1v) is 12.9. The maximum atomic E-state index is 13.1. The molecule has 2 fully saturated rings. The molecular weight excluding hydrogens is 452 g/mol. The Morgan fingerprint density at radius 3 is 2.42 bits per heavy atom. The van der Waals surface area contributed by atoms with Gasteiger partial charge in [-0.25, -0.2) is 0 Å². The number of ether oxygens (including phenoxy) is 2. The van der Waals surface area contributed by atoms with Gasteiger partial charge < -0.3 is 19.7 Å². The van der Waals surface area contributed by atoms with Crippen LogP contribution in [-0.2, 0) is 16.0 Å².